The molecule has 1 aromatic rings. The zero-order chi connectivity index (χ0) is 12.6. The number of aromatic nitrogens is 1. The molecule has 0 saturated carbocycles. The van der Waals surface area contributed by atoms with Crippen LogP contribution in [-0.2, 0) is 0 Å². The number of carbonyl (C=O) groups is 1. The first kappa shape index (κ1) is 12.5. The van der Waals surface area contributed by atoms with Crippen molar-refractivity contribution in [1.82, 2.24) is 9.88 Å². The Morgan fingerprint density at radius 3 is 2.76 bits per heavy atom. The number of halogens is 4. The Balaban J connectivity index is 2.28. The number of pyridine rings is 1. The number of likely N-dealkylation sites (tertiary alicyclic amines) is 1. The van der Waals surface area contributed by atoms with Gasteiger partial charge in [0, 0.05) is 6.54 Å². The van der Waals surface area contributed by atoms with E-state index in [0.29, 0.717) is 6.54 Å². The monoisotopic (exact) mass is 280 g/mol. The molecule has 1 aliphatic heterocycles. The van der Waals surface area contributed by atoms with Gasteiger partial charge in [-0.15, -0.1) is 0 Å². The number of alkyl halides is 1. The summed E-state index contributed by atoms with van der Waals surface area (Å²) in [5, 5.41) is -0.569. The molecule has 0 aromatic carbocycles. The van der Waals surface area contributed by atoms with Crippen molar-refractivity contribution in [3.05, 3.63) is 27.8 Å². The SMILES string of the molecule is O=C(c1cc(F)c(Cl)nc1Cl)N1CC[C@H](F)C1. The van der Waals surface area contributed by atoms with Crippen LogP contribution in [0.1, 0.15) is 16.8 Å². The van der Waals surface area contributed by atoms with E-state index in [1.54, 1.807) is 0 Å². The van der Waals surface area contributed by atoms with Gasteiger partial charge in [-0.2, -0.15) is 0 Å². The molecule has 0 radical (unpaired) electrons. The van der Waals surface area contributed by atoms with E-state index in [1.165, 1.54) is 4.90 Å². The molecule has 7 heteroatoms. The van der Waals surface area contributed by atoms with Gasteiger partial charge in [0.1, 0.15) is 11.3 Å². The lowest BCUT2D eigenvalue weighted by molar-refractivity contribution is 0.0782. The Morgan fingerprint density at radius 2 is 2.18 bits per heavy atom. The van der Waals surface area contributed by atoms with Crippen LogP contribution in [0.4, 0.5) is 8.78 Å². The molecule has 1 saturated heterocycles. The molecular formula is C10H8Cl2F2N2O. The summed E-state index contributed by atoms with van der Waals surface area (Å²) in [6.07, 6.45) is -0.754. The fourth-order valence-electron chi connectivity index (χ4n) is 1.67. The highest BCUT2D eigenvalue weighted by Crippen LogP contribution is 2.23. The standard InChI is InChI=1S/C10H8Cl2F2N2O/c11-8-6(3-7(14)9(12)15-8)10(17)16-2-1-5(13)4-16/h3,5H,1-2,4H2/t5-/m0/s1. The molecule has 0 unspecified atom stereocenters. The summed E-state index contributed by atoms with van der Waals surface area (Å²) in [5.74, 6) is -1.35. The maximum absolute atomic E-state index is 13.2. The third-order valence-corrected chi connectivity index (χ3v) is 3.09. The number of carbonyl (C=O) groups excluding carboxylic acids is 1. The molecule has 1 fully saturated rings. The molecular weight excluding hydrogens is 273 g/mol. The van der Waals surface area contributed by atoms with E-state index in [4.69, 9.17) is 23.2 Å². The Hall–Kier alpha value is -0.940. The molecule has 1 amide bonds. The van der Waals surface area contributed by atoms with E-state index >= 15 is 0 Å². The van der Waals surface area contributed by atoms with Crippen molar-refractivity contribution in [2.75, 3.05) is 13.1 Å². The van der Waals surface area contributed by atoms with Gasteiger partial charge in [-0.25, -0.2) is 13.8 Å². The van der Waals surface area contributed by atoms with Crippen LogP contribution in [0.5, 0.6) is 0 Å². The molecule has 17 heavy (non-hydrogen) atoms. The highest BCUT2D eigenvalue weighted by atomic mass is 35.5. The zero-order valence-corrected chi connectivity index (χ0v) is 10.1. The van der Waals surface area contributed by atoms with Gasteiger partial charge in [0.25, 0.3) is 5.91 Å². The fourth-order valence-corrected chi connectivity index (χ4v) is 2.07. The number of rotatable bonds is 1. The van der Waals surface area contributed by atoms with Crippen LogP contribution in [0, 0.1) is 5.82 Å². The Kier molecular flexibility index (Phi) is 3.49. The summed E-state index contributed by atoms with van der Waals surface area (Å²) in [7, 11) is 0. The van der Waals surface area contributed by atoms with Crippen molar-refractivity contribution in [2.24, 2.45) is 0 Å². The summed E-state index contributed by atoms with van der Waals surface area (Å²) < 4.78 is 26.1. The van der Waals surface area contributed by atoms with Crippen molar-refractivity contribution in [3.63, 3.8) is 0 Å². The minimum absolute atomic E-state index is 0.000588. The quantitative estimate of drug-likeness (QED) is 0.741. The van der Waals surface area contributed by atoms with Gasteiger partial charge in [-0.3, -0.25) is 4.79 Å². The number of hydrogen-bond acceptors (Lipinski definition) is 2. The van der Waals surface area contributed by atoms with Crippen molar-refractivity contribution < 1.29 is 13.6 Å². The maximum atomic E-state index is 13.2. The van der Waals surface area contributed by atoms with Crippen molar-refractivity contribution in [1.29, 1.82) is 0 Å². The van der Waals surface area contributed by atoms with Crippen LogP contribution in [0.2, 0.25) is 10.3 Å². The van der Waals surface area contributed by atoms with E-state index in [2.05, 4.69) is 4.98 Å². The molecule has 1 atom stereocenters. The lowest BCUT2D eigenvalue weighted by atomic mass is 10.2. The highest BCUT2D eigenvalue weighted by Gasteiger charge is 2.28. The summed E-state index contributed by atoms with van der Waals surface area (Å²) in [5.41, 5.74) is -0.0948. The second-order valence-electron chi connectivity index (χ2n) is 3.74. The van der Waals surface area contributed by atoms with Crippen molar-refractivity contribution in [2.45, 2.75) is 12.6 Å². The predicted octanol–water partition coefficient (Wildman–Crippen LogP) is 2.71. The van der Waals surface area contributed by atoms with Crippen LogP contribution in [0.15, 0.2) is 6.07 Å². The number of amides is 1. The van der Waals surface area contributed by atoms with E-state index in [9.17, 15) is 13.6 Å². The zero-order valence-electron chi connectivity index (χ0n) is 8.59. The van der Waals surface area contributed by atoms with Crippen LogP contribution in [0.25, 0.3) is 0 Å². The lowest BCUT2D eigenvalue weighted by Crippen LogP contribution is -2.29. The second kappa shape index (κ2) is 4.74. The Labute approximate surface area is 106 Å². The molecule has 92 valence electrons. The predicted molar refractivity (Wildman–Crippen MR) is 59.6 cm³/mol. The van der Waals surface area contributed by atoms with Gasteiger partial charge in [0.15, 0.2) is 11.0 Å². The van der Waals surface area contributed by atoms with Crippen LogP contribution in [-0.4, -0.2) is 35.1 Å². The molecule has 0 bridgehead atoms. The summed E-state index contributed by atoms with van der Waals surface area (Å²) in [4.78, 5) is 16.7. The Bertz CT molecular complexity index is 470. The highest BCUT2D eigenvalue weighted by molar-refractivity contribution is 6.34. The smallest absolute Gasteiger partial charge is 0.257 e. The van der Waals surface area contributed by atoms with Gasteiger partial charge in [0.2, 0.25) is 0 Å². The average molecular weight is 281 g/mol. The first-order chi connectivity index (χ1) is 7.99. The fraction of sp³-hybridized carbons (Fsp3) is 0.400. The topological polar surface area (TPSA) is 33.2 Å². The second-order valence-corrected chi connectivity index (χ2v) is 4.45. The van der Waals surface area contributed by atoms with E-state index < -0.39 is 23.0 Å². The largest absolute Gasteiger partial charge is 0.336 e. The molecule has 0 N–H and O–H groups in total. The molecule has 2 rings (SSSR count). The van der Waals surface area contributed by atoms with E-state index in [1.807, 2.05) is 0 Å². The normalized spacial score (nSPS) is 19.8. The lowest BCUT2D eigenvalue weighted by Gasteiger charge is -2.15. The molecule has 0 spiro atoms. The summed E-state index contributed by atoms with van der Waals surface area (Å²) >= 11 is 11.1. The molecule has 0 aliphatic carbocycles. The van der Waals surface area contributed by atoms with E-state index in [0.717, 1.165) is 6.07 Å². The minimum atomic E-state index is -1.04. The Morgan fingerprint density at radius 1 is 1.47 bits per heavy atom. The van der Waals surface area contributed by atoms with Gasteiger partial charge < -0.3 is 4.90 Å². The van der Waals surface area contributed by atoms with Crippen molar-refractivity contribution in [3.8, 4) is 0 Å². The van der Waals surface area contributed by atoms with Gasteiger partial charge in [-0.1, -0.05) is 23.2 Å². The first-order valence-corrected chi connectivity index (χ1v) is 5.69. The molecule has 2 heterocycles. The molecule has 1 aliphatic rings. The third kappa shape index (κ3) is 2.50. The number of hydrogen-bond donors (Lipinski definition) is 0. The van der Waals surface area contributed by atoms with Crippen LogP contribution >= 0.6 is 23.2 Å². The van der Waals surface area contributed by atoms with E-state index in [-0.39, 0.29) is 23.7 Å². The van der Waals surface area contributed by atoms with Crippen LogP contribution in [0.3, 0.4) is 0 Å². The third-order valence-electron chi connectivity index (χ3n) is 2.54. The van der Waals surface area contributed by atoms with Crippen molar-refractivity contribution >= 4 is 29.1 Å². The summed E-state index contributed by atoms with van der Waals surface area (Å²) in [6, 6.07) is 0.922. The minimum Gasteiger partial charge on any atom is -0.336 e. The maximum Gasteiger partial charge on any atom is 0.257 e. The number of nitrogens with zero attached hydrogens (tertiary/aromatic N) is 2. The van der Waals surface area contributed by atoms with Gasteiger partial charge in [-0.05, 0) is 12.5 Å². The molecule has 3 nitrogen and oxygen atoms in total. The average Bonchev–Trinajstić information content (AvgIpc) is 2.69. The van der Waals surface area contributed by atoms with Gasteiger partial charge in [0.05, 0.1) is 12.1 Å². The molecule has 1 aromatic heterocycles. The van der Waals surface area contributed by atoms with Crippen LogP contribution < -0.4 is 0 Å². The van der Waals surface area contributed by atoms with Gasteiger partial charge >= 0.3 is 0 Å². The summed E-state index contributed by atoms with van der Waals surface area (Å²) in [6.45, 7) is 0.292. The first-order valence-electron chi connectivity index (χ1n) is 4.94.